The lowest BCUT2D eigenvalue weighted by molar-refractivity contribution is 0.0532. The van der Waals surface area contributed by atoms with E-state index in [0.29, 0.717) is 12.8 Å². The Morgan fingerprint density at radius 1 is 1.22 bits per heavy atom. The molecule has 100 valence electrons. The summed E-state index contributed by atoms with van der Waals surface area (Å²) in [5.74, 6) is 0. The first kappa shape index (κ1) is 14.2. The second-order valence-electron chi connectivity index (χ2n) is 4.71. The highest BCUT2D eigenvalue weighted by Gasteiger charge is 2.32. The van der Waals surface area contributed by atoms with Crippen LogP contribution in [0.15, 0.2) is 29.2 Å². The Hall–Kier alpha value is -0.180. The zero-order valence-electron chi connectivity index (χ0n) is 9.89. The van der Waals surface area contributed by atoms with Crippen LogP contribution in [0.25, 0.3) is 0 Å². The van der Waals surface area contributed by atoms with E-state index in [4.69, 9.17) is 0 Å². The number of nitrogens with one attached hydrogen (secondary N) is 1. The third kappa shape index (κ3) is 3.43. The first-order valence-corrected chi connectivity index (χ1v) is 8.45. The predicted molar refractivity (Wildman–Crippen MR) is 77.8 cm³/mol. The summed E-state index contributed by atoms with van der Waals surface area (Å²) in [5.41, 5.74) is -0.865. The number of benzene rings is 1. The molecule has 0 radical (unpaired) electrons. The smallest absolute Gasteiger partial charge is 0.240 e. The normalized spacial score (nSPS) is 19.0. The van der Waals surface area contributed by atoms with Crippen LogP contribution in [0.5, 0.6) is 0 Å². The molecule has 1 fully saturated rings. The summed E-state index contributed by atoms with van der Waals surface area (Å²) in [6.45, 7) is 0.0985. The fourth-order valence-electron chi connectivity index (χ4n) is 2.14. The maximum atomic E-state index is 12.0. The van der Waals surface area contributed by atoms with Gasteiger partial charge in [-0.2, -0.15) is 0 Å². The van der Waals surface area contributed by atoms with Gasteiger partial charge in [-0.25, -0.2) is 13.1 Å². The zero-order valence-corrected chi connectivity index (χ0v) is 12.9. The molecule has 2 N–H and O–H groups in total. The Balaban J connectivity index is 2.05. The lowest BCUT2D eigenvalue weighted by Crippen LogP contribution is -2.40. The molecule has 0 saturated heterocycles. The lowest BCUT2D eigenvalue weighted by atomic mass is 10.0. The number of hydrogen-bond acceptors (Lipinski definition) is 3. The molecule has 0 aromatic heterocycles. The molecule has 1 aliphatic rings. The molecule has 1 aliphatic carbocycles. The van der Waals surface area contributed by atoms with Crippen LogP contribution in [-0.4, -0.2) is 25.7 Å². The molecule has 1 aromatic rings. The Labute approximate surface area is 121 Å². The first-order valence-electron chi connectivity index (χ1n) is 5.89. The summed E-state index contributed by atoms with van der Waals surface area (Å²) >= 11 is 2.12. The fraction of sp³-hybridized carbons (Fsp3) is 0.500. The SMILES string of the molecule is O=S(=O)(NCC1(O)CCCC1)c1ccc(I)cc1. The van der Waals surface area contributed by atoms with Gasteiger partial charge in [0.25, 0.3) is 0 Å². The molecule has 1 aromatic carbocycles. The standard InChI is InChI=1S/C12H16INO3S/c13-10-3-5-11(6-4-10)18(16,17)14-9-12(15)7-1-2-8-12/h3-6,14-15H,1-2,7-9H2. The summed E-state index contributed by atoms with van der Waals surface area (Å²) in [5, 5.41) is 10.1. The van der Waals surface area contributed by atoms with Crippen molar-refractivity contribution in [3.05, 3.63) is 27.8 Å². The van der Waals surface area contributed by atoms with Gasteiger partial charge in [0, 0.05) is 10.1 Å². The van der Waals surface area contributed by atoms with Crippen molar-refractivity contribution in [1.29, 1.82) is 0 Å². The van der Waals surface area contributed by atoms with Gasteiger partial charge in [0.05, 0.1) is 10.5 Å². The van der Waals surface area contributed by atoms with E-state index in [9.17, 15) is 13.5 Å². The van der Waals surface area contributed by atoms with Gasteiger partial charge in [0.15, 0.2) is 0 Å². The molecule has 0 unspecified atom stereocenters. The van der Waals surface area contributed by atoms with E-state index < -0.39 is 15.6 Å². The van der Waals surface area contributed by atoms with Crippen molar-refractivity contribution in [2.75, 3.05) is 6.54 Å². The van der Waals surface area contributed by atoms with Crippen LogP contribution in [0.2, 0.25) is 0 Å². The Kier molecular flexibility index (Phi) is 4.30. The largest absolute Gasteiger partial charge is 0.389 e. The van der Waals surface area contributed by atoms with Gasteiger partial charge in [-0.15, -0.1) is 0 Å². The molecular weight excluding hydrogens is 365 g/mol. The summed E-state index contributed by atoms with van der Waals surface area (Å²) in [7, 11) is -3.52. The molecule has 1 saturated carbocycles. The summed E-state index contributed by atoms with van der Waals surface area (Å²) < 4.78 is 27.5. The number of hydrogen-bond donors (Lipinski definition) is 2. The highest BCUT2D eigenvalue weighted by Crippen LogP contribution is 2.29. The van der Waals surface area contributed by atoms with Crippen molar-refractivity contribution in [1.82, 2.24) is 4.72 Å². The Morgan fingerprint density at radius 2 is 1.78 bits per heavy atom. The fourth-order valence-corrected chi connectivity index (χ4v) is 3.62. The van der Waals surface area contributed by atoms with Crippen LogP contribution < -0.4 is 4.72 Å². The molecular formula is C12H16INO3S. The van der Waals surface area contributed by atoms with Gasteiger partial charge in [0.1, 0.15) is 0 Å². The van der Waals surface area contributed by atoms with Crippen molar-refractivity contribution in [3.8, 4) is 0 Å². The van der Waals surface area contributed by atoms with E-state index in [1.54, 1.807) is 24.3 Å². The van der Waals surface area contributed by atoms with Crippen LogP contribution in [0, 0.1) is 3.57 Å². The molecule has 0 amide bonds. The number of rotatable bonds is 4. The van der Waals surface area contributed by atoms with Gasteiger partial charge in [0.2, 0.25) is 10.0 Å². The molecule has 18 heavy (non-hydrogen) atoms. The molecule has 2 rings (SSSR count). The minimum Gasteiger partial charge on any atom is -0.389 e. The van der Waals surface area contributed by atoms with E-state index in [-0.39, 0.29) is 11.4 Å². The quantitative estimate of drug-likeness (QED) is 0.783. The highest BCUT2D eigenvalue weighted by atomic mass is 127. The molecule has 0 heterocycles. The third-order valence-corrected chi connectivity index (χ3v) is 5.39. The zero-order chi connectivity index (χ0) is 13.2. The average molecular weight is 381 g/mol. The van der Waals surface area contributed by atoms with Crippen LogP contribution >= 0.6 is 22.6 Å². The van der Waals surface area contributed by atoms with Gasteiger partial charge >= 0.3 is 0 Å². The van der Waals surface area contributed by atoms with Gasteiger partial charge < -0.3 is 5.11 Å². The molecule has 0 atom stereocenters. The Bertz CT molecular complexity index is 507. The molecule has 0 aliphatic heterocycles. The average Bonchev–Trinajstić information content (AvgIpc) is 2.75. The lowest BCUT2D eigenvalue weighted by Gasteiger charge is -2.22. The monoisotopic (exact) mass is 381 g/mol. The van der Waals surface area contributed by atoms with Crippen molar-refractivity contribution in [2.24, 2.45) is 0 Å². The minimum atomic E-state index is -3.52. The van der Waals surface area contributed by atoms with Crippen LogP contribution in [0.4, 0.5) is 0 Å². The first-order chi connectivity index (χ1) is 8.41. The van der Waals surface area contributed by atoms with Crippen molar-refractivity contribution >= 4 is 32.6 Å². The van der Waals surface area contributed by atoms with E-state index >= 15 is 0 Å². The Morgan fingerprint density at radius 3 is 2.33 bits per heavy atom. The predicted octanol–water partition coefficient (Wildman–Crippen LogP) is 1.87. The van der Waals surface area contributed by atoms with E-state index in [1.807, 2.05) is 0 Å². The van der Waals surface area contributed by atoms with Gasteiger partial charge in [-0.05, 0) is 59.7 Å². The maximum Gasteiger partial charge on any atom is 0.240 e. The van der Waals surface area contributed by atoms with E-state index in [0.717, 1.165) is 16.4 Å². The van der Waals surface area contributed by atoms with Crippen LogP contribution in [-0.2, 0) is 10.0 Å². The van der Waals surface area contributed by atoms with E-state index in [2.05, 4.69) is 27.3 Å². The van der Waals surface area contributed by atoms with Crippen molar-refractivity contribution in [2.45, 2.75) is 36.2 Å². The molecule has 0 bridgehead atoms. The van der Waals surface area contributed by atoms with Gasteiger partial charge in [-0.1, -0.05) is 12.8 Å². The molecule has 0 spiro atoms. The highest BCUT2D eigenvalue weighted by molar-refractivity contribution is 14.1. The second-order valence-corrected chi connectivity index (χ2v) is 7.72. The number of halogens is 1. The van der Waals surface area contributed by atoms with Crippen LogP contribution in [0.3, 0.4) is 0 Å². The number of aliphatic hydroxyl groups is 1. The van der Waals surface area contributed by atoms with Crippen molar-refractivity contribution < 1.29 is 13.5 Å². The van der Waals surface area contributed by atoms with Crippen LogP contribution in [0.1, 0.15) is 25.7 Å². The third-order valence-electron chi connectivity index (χ3n) is 3.25. The molecule has 4 nitrogen and oxygen atoms in total. The van der Waals surface area contributed by atoms with E-state index in [1.165, 1.54) is 0 Å². The molecule has 6 heteroatoms. The minimum absolute atomic E-state index is 0.0985. The summed E-state index contributed by atoms with van der Waals surface area (Å²) in [6, 6.07) is 6.64. The van der Waals surface area contributed by atoms with Crippen molar-refractivity contribution in [3.63, 3.8) is 0 Å². The topological polar surface area (TPSA) is 66.4 Å². The van der Waals surface area contributed by atoms with Gasteiger partial charge in [-0.3, -0.25) is 0 Å². The number of sulfonamides is 1. The maximum absolute atomic E-state index is 12.0. The summed E-state index contributed by atoms with van der Waals surface area (Å²) in [4.78, 5) is 0.240. The second kappa shape index (κ2) is 5.44. The summed E-state index contributed by atoms with van der Waals surface area (Å²) in [6.07, 6.45) is 3.26.